The highest BCUT2D eigenvalue weighted by Crippen LogP contribution is 2.21. The topological polar surface area (TPSA) is 66.5 Å². The van der Waals surface area contributed by atoms with Crippen LogP contribution in [0.3, 0.4) is 0 Å². The number of rotatable bonds is 5. The number of benzene rings is 2. The van der Waals surface area contributed by atoms with Crippen molar-refractivity contribution < 1.29 is 14.4 Å². The quantitative estimate of drug-likeness (QED) is 0.852. The molecule has 5 heteroatoms. The standard InChI is InChI=1S/C20H20N2O3/c1-13-7-8-15(14(2)11-13)9-10-21-18(23)12-22-19(24)16-5-3-4-6-17(16)20(22)25/h3-8,11H,9-10,12H2,1-2H3,(H,21,23). The van der Waals surface area contributed by atoms with Gasteiger partial charge in [-0.2, -0.15) is 0 Å². The van der Waals surface area contributed by atoms with Crippen LogP contribution in [0.4, 0.5) is 0 Å². The van der Waals surface area contributed by atoms with E-state index in [0.29, 0.717) is 24.1 Å². The lowest BCUT2D eigenvalue weighted by Crippen LogP contribution is -2.40. The lowest BCUT2D eigenvalue weighted by Gasteiger charge is -2.14. The molecule has 0 radical (unpaired) electrons. The average molecular weight is 336 g/mol. The molecule has 0 aliphatic carbocycles. The van der Waals surface area contributed by atoms with E-state index in [-0.39, 0.29) is 12.5 Å². The van der Waals surface area contributed by atoms with Crippen LogP contribution in [0.5, 0.6) is 0 Å². The van der Waals surface area contributed by atoms with Crippen LogP contribution in [0.15, 0.2) is 42.5 Å². The zero-order chi connectivity index (χ0) is 18.0. The number of imide groups is 1. The van der Waals surface area contributed by atoms with Crippen LogP contribution >= 0.6 is 0 Å². The molecule has 0 unspecified atom stereocenters. The molecule has 2 aromatic rings. The van der Waals surface area contributed by atoms with Crippen molar-refractivity contribution in [1.29, 1.82) is 0 Å². The first-order valence-electron chi connectivity index (χ1n) is 8.25. The number of hydrogen-bond donors (Lipinski definition) is 1. The second-order valence-electron chi connectivity index (χ2n) is 6.27. The number of hydrogen-bond acceptors (Lipinski definition) is 3. The molecule has 1 heterocycles. The van der Waals surface area contributed by atoms with Crippen molar-refractivity contribution in [2.24, 2.45) is 0 Å². The highest BCUT2D eigenvalue weighted by molar-refractivity contribution is 6.22. The molecule has 2 aromatic carbocycles. The Morgan fingerprint density at radius 1 is 1.00 bits per heavy atom. The van der Waals surface area contributed by atoms with Crippen LogP contribution in [-0.4, -0.2) is 35.7 Å². The lowest BCUT2D eigenvalue weighted by molar-refractivity contribution is -0.121. The van der Waals surface area contributed by atoms with Gasteiger partial charge in [0, 0.05) is 6.54 Å². The van der Waals surface area contributed by atoms with E-state index >= 15 is 0 Å². The molecule has 1 aliphatic rings. The fraction of sp³-hybridized carbons (Fsp3) is 0.250. The van der Waals surface area contributed by atoms with Crippen molar-refractivity contribution in [1.82, 2.24) is 10.2 Å². The molecule has 0 fully saturated rings. The third-order valence-corrected chi connectivity index (χ3v) is 4.39. The van der Waals surface area contributed by atoms with Crippen LogP contribution in [0.2, 0.25) is 0 Å². The SMILES string of the molecule is Cc1ccc(CCNC(=O)CN2C(=O)c3ccccc3C2=O)c(C)c1. The summed E-state index contributed by atoms with van der Waals surface area (Å²) in [7, 11) is 0. The van der Waals surface area contributed by atoms with Crippen molar-refractivity contribution in [3.05, 3.63) is 70.3 Å². The van der Waals surface area contributed by atoms with Gasteiger partial charge >= 0.3 is 0 Å². The molecule has 0 spiro atoms. The Balaban J connectivity index is 1.55. The van der Waals surface area contributed by atoms with Gasteiger partial charge in [-0.25, -0.2) is 0 Å². The Bertz CT molecular complexity index is 823. The molecule has 1 N–H and O–H groups in total. The van der Waals surface area contributed by atoms with Gasteiger partial charge in [0.1, 0.15) is 6.54 Å². The second kappa shape index (κ2) is 6.89. The first kappa shape index (κ1) is 16.9. The van der Waals surface area contributed by atoms with Crippen LogP contribution in [-0.2, 0) is 11.2 Å². The monoisotopic (exact) mass is 336 g/mol. The normalized spacial score (nSPS) is 13.1. The highest BCUT2D eigenvalue weighted by Gasteiger charge is 2.36. The van der Waals surface area contributed by atoms with Gasteiger partial charge in [-0.15, -0.1) is 0 Å². The Kier molecular flexibility index (Phi) is 4.65. The number of carbonyl (C=O) groups excluding carboxylic acids is 3. The van der Waals surface area contributed by atoms with Crippen molar-refractivity contribution in [2.45, 2.75) is 20.3 Å². The average Bonchev–Trinajstić information content (AvgIpc) is 2.82. The molecule has 3 amide bonds. The summed E-state index contributed by atoms with van der Waals surface area (Å²) in [5.41, 5.74) is 4.28. The smallest absolute Gasteiger partial charge is 0.262 e. The summed E-state index contributed by atoms with van der Waals surface area (Å²) >= 11 is 0. The van der Waals surface area contributed by atoms with E-state index in [2.05, 4.69) is 17.4 Å². The Morgan fingerprint density at radius 2 is 1.64 bits per heavy atom. The largest absolute Gasteiger partial charge is 0.354 e. The fourth-order valence-electron chi connectivity index (χ4n) is 3.05. The third-order valence-electron chi connectivity index (χ3n) is 4.39. The second-order valence-corrected chi connectivity index (χ2v) is 6.27. The van der Waals surface area contributed by atoms with Gasteiger partial charge < -0.3 is 5.32 Å². The molecule has 25 heavy (non-hydrogen) atoms. The predicted octanol–water partition coefficient (Wildman–Crippen LogP) is 2.26. The molecule has 5 nitrogen and oxygen atoms in total. The van der Waals surface area contributed by atoms with E-state index in [4.69, 9.17) is 0 Å². The summed E-state index contributed by atoms with van der Waals surface area (Å²) in [6.07, 6.45) is 0.708. The van der Waals surface area contributed by atoms with Gasteiger partial charge in [-0.3, -0.25) is 19.3 Å². The summed E-state index contributed by atoms with van der Waals surface area (Å²) in [5.74, 6) is -1.16. The molecule has 0 saturated heterocycles. The summed E-state index contributed by atoms with van der Waals surface area (Å²) in [6.45, 7) is 4.30. The van der Waals surface area contributed by atoms with Gasteiger partial charge in [0.25, 0.3) is 11.8 Å². The van der Waals surface area contributed by atoms with Gasteiger partial charge in [0.05, 0.1) is 11.1 Å². The molecule has 0 atom stereocenters. The molecular formula is C20H20N2O3. The molecule has 128 valence electrons. The van der Waals surface area contributed by atoms with Gasteiger partial charge in [-0.1, -0.05) is 35.9 Å². The minimum Gasteiger partial charge on any atom is -0.354 e. The van der Waals surface area contributed by atoms with E-state index in [1.54, 1.807) is 24.3 Å². The maximum Gasteiger partial charge on any atom is 0.262 e. The third kappa shape index (κ3) is 3.45. The van der Waals surface area contributed by atoms with Gasteiger partial charge in [-0.05, 0) is 43.5 Å². The predicted molar refractivity (Wildman–Crippen MR) is 94.4 cm³/mol. The van der Waals surface area contributed by atoms with E-state index in [1.165, 1.54) is 16.7 Å². The Morgan fingerprint density at radius 3 is 2.24 bits per heavy atom. The van der Waals surface area contributed by atoms with Crippen LogP contribution in [0.1, 0.15) is 37.4 Å². The minimum atomic E-state index is -0.412. The summed E-state index contributed by atoms with van der Waals surface area (Å²) in [5, 5.41) is 2.78. The molecule has 0 bridgehead atoms. The van der Waals surface area contributed by atoms with Gasteiger partial charge in [0.2, 0.25) is 5.91 Å². The summed E-state index contributed by atoms with van der Waals surface area (Å²) in [4.78, 5) is 37.6. The number of aryl methyl sites for hydroxylation is 2. The van der Waals surface area contributed by atoms with Crippen molar-refractivity contribution in [2.75, 3.05) is 13.1 Å². The van der Waals surface area contributed by atoms with E-state index in [1.807, 2.05) is 19.9 Å². The fourth-order valence-corrected chi connectivity index (χ4v) is 3.05. The summed E-state index contributed by atoms with van der Waals surface area (Å²) < 4.78 is 0. The van der Waals surface area contributed by atoms with Crippen LogP contribution in [0.25, 0.3) is 0 Å². The van der Waals surface area contributed by atoms with Gasteiger partial charge in [0.15, 0.2) is 0 Å². The van der Waals surface area contributed by atoms with E-state index in [9.17, 15) is 14.4 Å². The van der Waals surface area contributed by atoms with Crippen LogP contribution < -0.4 is 5.32 Å². The van der Waals surface area contributed by atoms with E-state index in [0.717, 1.165) is 4.90 Å². The maximum atomic E-state index is 12.2. The summed E-state index contributed by atoms with van der Waals surface area (Å²) in [6, 6.07) is 12.8. The molecule has 3 rings (SSSR count). The Labute approximate surface area is 146 Å². The first-order valence-corrected chi connectivity index (χ1v) is 8.25. The number of carbonyl (C=O) groups is 3. The number of nitrogens with zero attached hydrogens (tertiary/aromatic N) is 1. The zero-order valence-electron chi connectivity index (χ0n) is 14.3. The minimum absolute atomic E-state index is 0.251. The number of nitrogens with one attached hydrogen (secondary N) is 1. The Hall–Kier alpha value is -2.95. The first-order chi connectivity index (χ1) is 12.0. The lowest BCUT2D eigenvalue weighted by atomic mass is 10.0. The van der Waals surface area contributed by atoms with E-state index < -0.39 is 11.8 Å². The molecule has 1 aliphatic heterocycles. The number of fused-ring (bicyclic) bond motifs is 1. The van der Waals surface area contributed by atoms with Crippen molar-refractivity contribution in [3.8, 4) is 0 Å². The molecule has 0 aromatic heterocycles. The molecule has 0 saturated carbocycles. The van der Waals surface area contributed by atoms with Crippen molar-refractivity contribution >= 4 is 17.7 Å². The molecular weight excluding hydrogens is 316 g/mol. The van der Waals surface area contributed by atoms with Crippen molar-refractivity contribution in [3.63, 3.8) is 0 Å². The highest BCUT2D eigenvalue weighted by atomic mass is 16.2. The van der Waals surface area contributed by atoms with Crippen LogP contribution in [0, 0.1) is 13.8 Å². The number of amides is 3. The maximum absolute atomic E-state index is 12.2. The zero-order valence-corrected chi connectivity index (χ0v) is 14.3.